The van der Waals surface area contributed by atoms with Gasteiger partial charge in [-0.05, 0) is 26.2 Å². The van der Waals surface area contributed by atoms with Crippen LogP contribution in [-0.2, 0) is 10.0 Å². The maximum Gasteiger partial charge on any atom is 0.213 e. The minimum absolute atomic E-state index is 0.333. The number of sulfonamides is 1. The lowest BCUT2D eigenvalue weighted by molar-refractivity contribution is 0.382. The molecule has 0 aliphatic rings. The zero-order chi connectivity index (χ0) is 16.8. The lowest BCUT2D eigenvalue weighted by Crippen LogP contribution is -2.32. The third-order valence-corrected chi connectivity index (χ3v) is 6.26. The number of nitrogens with one attached hydrogen (secondary N) is 1. The predicted molar refractivity (Wildman–Crippen MR) is 97.7 cm³/mol. The van der Waals surface area contributed by atoms with E-state index in [9.17, 15) is 8.42 Å². The van der Waals surface area contributed by atoms with E-state index in [-0.39, 0.29) is 5.25 Å². The van der Waals surface area contributed by atoms with Gasteiger partial charge in [-0.1, -0.05) is 78.1 Å². The van der Waals surface area contributed by atoms with E-state index in [1.807, 2.05) is 0 Å². The fourth-order valence-electron chi connectivity index (χ4n) is 2.72. The summed E-state index contributed by atoms with van der Waals surface area (Å²) in [5, 5.41) is -0.333. The Labute approximate surface area is 139 Å². The summed E-state index contributed by atoms with van der Waals surface area (Å²) < 4.78 is 26.4. The average Bonchev–Trinajstić information content (AvgIpc) is 2.47. The molecule has 0 aliphatic carbocycles. The molecule has 0 aromatic rings. The van der Waals surface area contributed by atoms with Crippen LogP contribution >= 0.6 is 0 Å². The van der Waals surface area contributed by atoms with Crippen LogP contribution < -0.4 is 4.72 Å². The molecule has 0 unspecified atom stereocenters. The van der Waals surface area contributed by atoms with Crippen molar-refractivity contribution < 1.29 is 8.42 Å². The molecule has 134 valence electrons. The van der Waals surface area contributed by atoms with E-state index in [1.165, 1.54) is 64.2 Å². The van der Waals surface area contributed by atoms with Gasteiger partial charge in [0, 0.05) is 6.54 Å². The topological polar surface area (TPSA) is 46.2 Å². The lowest BCUT2D eigenvalue weighted by atomic mass is 9.92. The van der Waals surface area contributed by atoms with Gasteiger partial charge in [-0.25, -0.2) is 13.1 Å². The Bertz CT molecular complexity index is 327. The highest BCUT2D eigenvalue weighted by Crippen LogP contribution is 2.21. The highest BCUT2D eigenvalue weighted by Gasteiger charge is 2.16. The zero-order valence-corrected chi connectivity index (χ0v) is 16.2. The molecule has 1 N–H and O–H groups in total. The lowest BCUT2D eigenvalue weighted by Gasteiger charge is -2.18. The van der Waals surface area contributed by atoms with Crippen LogP contribution in [0.15, 0.2) is 0 Å². The Balaban J connectivity index is 4.09. The van der Waals surface area contributed by atoms with Crippen molar-refractivity contribution >= 4 is 10.0 Å². The van der Waals surface area contributed by atoms with Gasteiger partial charge in [-0.3, -0.25) is 0 Å². The fourth-order valence-corrected chi connectivity index (χ4v) is 3.46. The Kier molecular flexibility index (Phi) is 13.3. The van der Waals surface area contributed by atoms with E-state index in [0.29, 0.717) is 12.5 Å². The summed E-state index contributed by atoms with van der Waals surface area (Å²) in [6.07, 6.45) is 13.9. The summed E-state index contributed by atoms with van der Waals surface area (Å²) in [4.78, 5) is 0. The third-order valence-electron chi connectivity index (χ3n) is 4.41. The number of rotatable bonds is 15. The van der Waals surface area contributed by atoms with Crippen LogP contribution in [0.3, 0.4) is 0 Å². The van der Waals surface area contributed by atoms with Crippen molar-refractivity contribution in [1.29, 1.82) is 0 Å². The van der Waals surface area contributed by atoms with Crippen LogP contribution in [0, 0.1) is 5.92 Å². The molecule has 0 atom stereocenters. The molecule has 0 saturated heterocycles. The first-order valence-corrected chi connectivity index (χ1v) is 11.0. The molecule has 0 spiro atoms. The van der Waals surface area contributed by atoms with Crippen molar-refractivity contribution in [2.45, 2.75) is 104 Å². The second kappa shape index (κ2) is 13.4. The molecule has 0 rings (SSSR count). The Morgan fingerprint density at radius 3 is 1.68 bits per heavy atom. The van der Waals surface area contributed by atoms with Crippen LogP contribution in [0.4, 0.5) is 0 Å². The van der Waals surface area contributed by atoms with E-state index < -0.39 is 10.0 Å². The first-order valence-electron chi connectivity index (χ1n) is 9.42. The molecule has 0 amide bonds. The molecule has 0 fully saturated rings. The molecule has 4 heteroatoms. The highest BCUT2D eigenvalue weighted by atomic mass is 32.2. The van der Waals surface area contributed by atoms with Crippen molar-refractivity contribution in [3.05, 3.63) is 0 Å². The molecule has 0 saturated carbocycles. The zero-order valence-electron chi connectivity index (χ0n) is 15.4. The van der Waals surface area contributed by atoms with Crippen molar-refractivity contribution in [1.82, 2.24) is 4.72 Å². The molecule has 0 aromatic heterocycles. The Hall–Kier alpha value is -0.0900. The van der Waals surface area contributed by atoms with Gasteiger partial charge in [-0.2, -0.15) is 0 Å². The van der Waals surface area contributed by atoms with Gasteiger partial charge < -0.3 is 0 Å². The quantitative estimate of drug-likeness (QED) is 0.415. The summed E-state index contributed by atoms with van der Waals surface area (Å²) >= 11 is 0. The van der Waals surface area contributed by atoms with Gasteiger partial charge in [0.1, 0.15) is 0 Å². The van der Waals surface area contributed by atoms with E-state index >= 15 is 0 Å². The molecule has 0 heterocycles. The van der Waals surface area contributed by atoms with E-state index in [1.54, 1.807) is 13.8 Å². The summed E-state index contributed by atoms with van der Waals surface area (Å²) in [5.74, 6) is 0.684. The first-order chi connectivity index (χ1) is 10.4. The Morgan fingerprint density at radius 1 is 0.773 bits per heavy atom. The standard InChI is InChI=1S/C18H39NO2S/c1-5-7-9-11-13-18(14-12-10-8-6-2)15-16-19-22(20,21)17(3)4/h17-19H,5-16H2,1-4H3. The van der Waals surface area contributed by atoms with E-state index in [2.05, 4.69) is 18.6 Å². The molecular weight excluding hydrogens is 294 g/mol. The van der Waals surface area contributed by atoms with Gasteiger partial charge in [-0.15, -0.1) is 0 Å². The van der Waals surface area contributed by atoms with Gasteiger partial charge in [0.05, 0.1) is 5.25 Å². The summed E-state index contributed by atoms with van der Waals surface area (Å²) in [7, 11) is -3.10. The minimum Gasteiger partial charge on any atom is -0.215 e. The number of hydrogen-bond donors (Lipinski definition) is 1. The largest absolute Gasteiger partial charge is 0.215 e. The van der Waals surface area contributed by atoms with Crippen molar-refractivity contribution in [3.63, 3.8) is 0 Å². The average molecular weight is 334 g/mol. The molecule has 0 radical (unpaired) electrons. The molecule has 0 aliphatic heterocycles. The van der Waals surface area contributed by atoms with Crippen molar-refractivity contribution in [2.75, 3.05) is 6.54 Å². The Morgan fingerprint density at radius 2 is 1.27 bits per heavy atom. The monoisotopic (exact) mass is 333 g/mol. The van der Waals surface area contributed by atoms with Crippen LogP contribution in [0.2, 0.25) is 0 Å². The molecular formula is C18H39NO2S. The molecule has 0 aromatic carbocycles. The summed E-state index contributed by atoms with van der Waals surface area (Å²) in [5.41, 5.74) is 0. The van der Waals surface area contributed by atoms with Crippen LogP contribution in [-0.4, -0.2) is 20.2 Å². The third kappa shape index (κ3) is 11.5. The number of unbranched alkanes of at least 4 members (excludes halogenated alkanes) is 6. The first kappa shape index (κ1) is 21.9. The smallest absolute Gasteiger partial charge is 0.213 e. The summed E-state index contributed by atoms with van der Waals surface area (Å²) in [6, 6.07) is 0. The van der Waals surface area contributed by atoms with Gasteiger partial charge >= 0.3 is 0 Å². The number of hydrogen-bond acceptors (Lipinski definition) is 2. The van der Waals surface area contributed by atoms with Crippen LogP contribution in [0.1, 0.15) is 98.3 Å². The van der Waals surface area contributed by atoms with Gasteiger partial charge in [0.2, 0.25) is 10.0 Å². The van der Waals surface area contributed by atoms with E-state index in [0.717, 1.165) is 6.42 Å². The second-order valence-electron chi connectivity index (χ2n) is 6.84. The fraction of sp³-hybridized carbons (Fsp3) is 1.00. The van der Waals surface area contributed by atoms with Gasteiger partial charge in [0.25, 0.3) is 0 Å². The minimum atomic E-state index is -3.10. The maximum absolute atomic E-state index is 11.8. The van der Waals surface area contributed by atoms with E-state index in [4.69, 9.17) is 0 Å². The van der Waals surface area contributed by atoms with Crippen LogP contribution in [0.25, 0.3) is 0 Å². The normalized spacial score (nSPS) is 12.5. The van der Waals surface area contributed by atoms with Crippen molar-refractivity contribution in [2.24, 2.45) is 5.92 Å². The van der Waals surface area contributed by atoms with Crippen molar-refractivity contribution in [3.8, 4) is 0 Å². The molecule has 22 heavy (non-hydrogen) atoms. The maximum atomic E-state index is 11.8. The highest BCUT2D eigenvalue weighted by molar-refractivity contribution is 7.90. The van der Waals surface area contributed by atoms with Gasteiger partial charge in [0.15, 0.2) is 0 Å². The summed E-state index contributed by atoms with van der Waals surface area (Å²) in [6.45, 7) is 8.54. The predicted octanol–water partition coefficient (Wildman–Crippen LogP) is 5.26. The van der Waals surface area contributed by atoms with Crippen LogP contribution in [0.5, 0.6) is 0 Å². The molecule has 3 nitrogen and oxygen atoms in total. The SMILES string of the molecule is CCCCCCC(CCCCCC)CCNS(=O)(=O)C(C)C. The second-order valence-corrected chi connectivity index (χ2v) is 9.16. The molecule has 0 bridgehead atoms.